The predicted molar refractivity (Wildman–Crippen MR) is 66.5 cm³/mol. The molecule has 6 heteroatoms. The Morgan fingerprint density at radius 2 is 2.00 bits per heavy atom. The largest absolute Gasteiger partial charge is 0.479 e. The van der Waals surface area contributed by atoms with Gasteiger partial charge in [-0.1, -0.05) is 0 Å². The molecule has 1 amide bonds. The van der Waals surface area contributed by atoms with Crippen LogP contribution < -0.4 is 5.32 Å². The number of hydrogen-bond acceptors (Lipinski definition) is 4. The van der Waals surface area contributed by atoms with Crippen LogP contribution in [0.5, 0.6) is 0 Å². The Morgan fingerprint density at radius 1 is 1.32 bits per heavy atom. The van der Waals surface area contributed by atoms with E-state index in [1.807, 2.05) is 12.1 Å². The second-order valence-electron chi connectivity index (χ2n) is 4.43. The zero-order valence-corrected chi connectivity index (χ0v) is 10.4. The van der Waals surface area contributed by atoms with Gasteiger partial charge in [-0.15, -0.1) is 0 Å². The number of aromatic nitrogens is 1. The monoisotopic (exact) mass is 264 g/mol. The van der Waals surface area contributed by atoms with E-state index in [1.54, 1.807) is 12.4 Å². The third kappa shape index (κ3) is 3.75. The normalized spacial score (nSPS) is 22.1. The molecule has 2 heterocycles. The average Bonchev–Trinajstić information content (AvgIpc) is 2.89. The van der Waals surface area contributed by atoms with Gasteiger partial charge in [-0.05, 0) is 37.0 Å². The van der Waals surface area contributed by atoms with Crippen molar-refractivity contribution in [3.63, 3.8) is 0 Å². The summed E-state index contributed by atoms with van der Waals surface area (Å²) in [5, 5.41) is 11.5. The highest BCUT2D eigenvalue weighted by Crippen LogP contribution is 2.19. The number of hydrogen-bond donors (Lipinski definition) is 2. The Balaban J connectivity index is 1.72. The van der Waals surface area contributed by atoms with E-state index in [1.165, 1.54) is 0 Å². The van der Waals surface area contributed by atoms with Crippen LogP contribution in [0.1, 0.15) is 18.4 Å². The molecule has 0 bridgehead atoms. The van der Waals surface area contributed by atoms with Crippen LogP contribution >= 0.6 is 0 Å². The number of aliphatic carboxylic acids is 1. The quantitative estimate of drug-likeness (QED) is 0.802. The molecule has 0 aromatic carbocycles. The van der Waals surface area contributed by atoms with Crippen LogP contribution in [0, 0.1) is 0 Å². The van der Waals surface area contributed by atoms with Crippen molar-refractivity contribution in [1.29, 1.82) is 0 Å². The average molecular weight is 264 g/mol. The molecule has 2 N–H and O–H groups in total. The molecule has 1 aromatic rings. The van der Waals surface area contributed by atoms with E-state index in [9.17, 15) is 9.59 Å². The summed E-state index contributed by atoms with van der Waals surface area (Å²) in [6, 6.07) is 3.78. The first-order valence-corrected chi connectivity index (χ1v) is 6.21. The van der Waals surface area contributed by atoms with Gasteiger partial charge in [-0.2, -0.15) is 0 Å². The molecular weight excluding hydrogens is 248 g/mol. The standard InChI is InChI=1S/C13H16N2O4/c16-12(10-1-2-11(19-10)13(17)18)15-8-5-9-3-6-14-7-4-9/h3-4,6-7,10-11H,1-2,5,8H2,(H,15,16)(H,17,18)/t10-,11+/m0/s1. The van der Waals surface area contributed by atoms with Crippen molar-refractivity contribution in [2.24, 2.45) is 0 Å². The summed E-state index contributed by atoms with van der Waals surface area (Å²) in [7, 11) is 0. The van der Waals surface area contributed by atoms with Gasteiger partial charge in [0.25, 0.3) is 0 Å². The number of carboxylic acids is 1. The number of nitrogens with zero attached hydrogens (tertiary/aromatic N) is 1. The lowest BCUT2D eigenvalue weighted by Crippen LogP contribution is -2.36. The topological polar surface area (TPSA) is 88.5 Å². The summed E-state index contributed by atoms with van der Waals surface area (Å²) in [6.45, 7) is 0.500. The fourth-order valence-electron chi connectivity index (χ4n) is 2.01. The van der Waals surface area contributed by atoms with Gasteiger partial charge in [-0.3, -0.25) is 9.78 Å². The Kier molecular flexibility index (Phi) is 4.46. The van der Waals surface area contributed by atoms with E-state index in [2.05, 4.69) is 10.3 Å². The second kappa shape index (κ2) is 6.29. The molecule has 2 atom stereocenters. The zero-order chi connectivity index (χ0) is 13.7. The summed E-state index contributed by atoms with van der Waals surface area (Å²) >= 11 is 0. The third-order valence-electron chi connectivity index (χ3n) is 3.05. The zero-order valence-electron chi connectivity index (χ0n) is 10.4. The molecular formula is C13H16N2O4. The van der Waals surface area contributed by atoms with E-state index in [-0.39, 0.29) is 5.91 Å². The smallest absolute Gasteiger partial charge is 0.332 e. The first-order valence-electron chi connectivity index (χ1n) is 6.21. The number of carbonyl (C=O) groups excluding carboxylic acids is 1. The van der Waals surface area contributed by atoms with Crippen molar-refractivity contribution in [2.75, 3.05) is 6.54 Å². The molecule has 0 unspecified atom stereocenters. The van der Waals surface area contributed by atoms with E-state index < -0.39 is 18.2 Å². The molecule has 1 aromatic heterocycles. The Bertz CT molecular complexity index is 449. The molecule has 6 nitrogen and oxygen atoms in total. The molecule has 1 saturated heterocycles. The predicted octanol–water partition coefficient (Wildman–Crippen LogP) is 0.372. The van der Waals surface area contributed by atoms with Crippen molar-refractivity contribution in [1.82, 2.24) is 10.3 Å². The summed E-state index contributed by atoms with van der Waals surface area (Å²) in [4.78, 5) is 26.4. The van der Waals surface area contributed by atoms with Gasteiger partial charge in [0.15, 0.2) is 6.10 Å². The molecule has 1 fully saturated rings. The lowest BCUT2D eigenvalue weighted by molar-refractivity contribution is -0.151. The fraction of sp³-hybridized carbons (Fsp3) is 0.462. The van der Waals surface area contributed by atoms with Crippen LogP contribution in [0.15, 0.2) is 24.5 Å². The first-order chi connectivity index (χ1) is 9.16. The Morgan fingerprint density at radius 3 is 2.63 bits per heavy atom. The van der Waals surface area contributed by atoms with Crippen LogP contribution in [-0.2, 0) is 20.7 Å². The maximum atomic E-state index is 11.8. The highest BCUT2D eigenvalue weighted by Gasteiger charge is 2.34. The minimum absolute atomic E-state index is 0.238. The number of nitrogens with one attached hydrogen (secondary N) is 1. The van der Waals surface area contributed by atoms with Gasteiger partial charge in [-0.25, -0.2) is 4.79 Å². The van der Waals surface area contributed by atoms with Crippen LogP contribution in [0.3, 0.4) is 0 Å². The molecule has 0 radical (unpaired) electrons. The van der Waals surface area contributed by atoms with Gasteiger partial charge in [0.2, 0.25) is 5.91 Å². The van der Waals surface area contributed by atoms with Gasteiger partial charge >= 0.3 is 5.97 Å². The number of carbonyl (C=O) groups is 2. The minimum atomic E-state index is -1.01. The number of amides is 1. The minimum Gasteiger partial charge on any atom is -0.479 e. The lowest BCUT2D eigenvalue weighted by Gasteiger charge is -2.11. The molecule has 1 aliphatic heterocycles. The van der Waals surface area contributed by atoms with Gasteiger partial charge < -0.3 is 15.2 Å². The SMILES string of the molecule is O=C(NCCc1ccncc1)[C@@H]1CC[C@H](C(=O)O)O1. The third-order valence-corrected chi connectivity index (χ3v) is 3.05. The van der Waals surface area contributed by atoms with Crippen molar-refractivity contribution in [2.45, 2.75) is 31.5 Å². The fourth-order valence-corrected chi connectivity index (χ4v) is 2.01. The molecule has 102 valence electrons. The lowest BCUT2D eigenvalue weighted by atomic mass is 10.1. The van der Waals surface area contributed by atoms with Crippen molar-refractivity contribution >= 4 is 11.9 Å². The molecule has 19 heavy (non-hydrogen) atoms. The molecule has 1 aliphatic rings. The molecule has 0 aliphatic carbocycles. The van der Waals surface area contributed by atoms with E-state index in [0.717, 1.165) is 5.56 Å². The number of rotatable bonds is 5. The Hall–Kier alpha value is -1.95. The van der Waals surface area contributed by atoms with Gasteiger partial charge in [0.05, 0.1) is 0 Å². The first kappa shape index (κ1) is 13.5. The second-order valence-corrected chi connectivity index (χ2v) is 4.43. The molecule has 0 spiro atoms. The van der Waals surface area contributed by atoms with Crippen LogP contribution in [0.4, 0.5) is 0 Å². The van der Waals surface area contributed by atoms with E-state index in [0.29, 0.717) is 25.8 Å². The summed E-state index contributed by atoms with van der Waals surface area (Å²) in [5.74, 6) is -1.25. The van der Waals surface area contributed by atoms with E-state index >= 15 is 0 Å². The van der Waals surface area contributed by atoms with Crippen molar-refractivity contribution in [3.05, 3.63) is 30.1 Å². The maximum absolute atomic E-state index is 11.8. The van der Waals surface area contributed by atoms with Crippen LogP contribution in [-0.4, -0.2) is 40.7 Å². The summed E-state index contributed by atoms with van der Waals surface area (Å²) in [6.07, 6.45) is 3.47. The van der Waals surface area contributed by atoms with Crippen molar-refractivity contribution in [3.8, 4) is 0 Å². The summed E-state index contributed by atoms with van der Waals surface area (Å²) < 4.78 is 5.17. The van der Waals surface area contributed by atoms with Gasteiger partial charge in [0, 0.05) is 18.9 Å². The number of carboxylic acid groups (broad SMARTS) is 1. The van der Waals surface area contributed by atoms with Gasteiger partial charge in [0.1, 0.15) is 6.10 Å². The van der Waals surface area contributed by atoms with Crippen LogP contribution in [0.25, 0.3) is 0 Å². The summed E-state index contributed by atoms with van der Waals surface area (Å²) in [5.41, 5.74) is 1.09. The molecule has 2 rings (SSSR count). The van der Waals surface area contributed by atoms with Crippen molar-refractivity contribution < 1.29 is 19.4 Å². The van der Waals surface area contributed by atoms with Crippen LogP contribution in [0.2, 0.25) is 0 Å². The highest BCUT2D eigenvalue weighted by atomic mass is 16.5. The molecule has 0 saturated carbocycles. The highest BCUT2D eigenvalue weighted by molar-refractivity contribution is 5.82. The number of pyridine rings is 1. The van der Waals surface area contributed by atoms with E-state index in [4.69, 9.17) is 9.84 Å². The Labute approximate surface area is 110 Å². The number of ether oxygens (including phenoxy) is 1. The maximum Gasteiger partial charge on any atom is 0.332 e.